The van der Waals surface area contributed by atoms with Crippen LogP contribution in [0.4, 0.5) is 11.4 Å². The van der Waals surface area contributed by atoms with Crippen molar-refractivity contribution in [1.29, 1.82) is 0 Å². The maximum absolute atomic E-state index is 13.4. The van der Waals surface area contributed by atoms with Crippen molar-refractivity contribution in [2.75, 3.05) is 52.3 Å². The molecule has 2 heterocycles. The van der Waals surface area contributed by atoms with Crippen LogP contribution < -0.4 is 30.7 Å². The van der Waals surface area contributed by atoms with E-state index >= 15 is 0 Å². The first-order valence-corrected chi connectivity index (χ1v) is 16.7. The van der Waals surface area contributed by atoms with Gasteiger partial charge in [0.15, 0.2) is 0 Å². The Morgan fingerprint density at radius 3 is 1.37 bits per heavy atom. The summed E-state index contributed by atoms with van der Waals surface area (Å²) in [5.74, 6) is -1.47. The highest BCUT2D eigenvalue weighted by Gasteiger charge is 2.22. The normalized spacial score (nSPS) is 11.9. The van der Waals surface area contributed by atoms with Crippen molar-refractivity contribution in [2.45, 2.75) is 39.0 Å². The van der Waals surface area contributed by atoms with E-state index in [1.807, 2.05) is 38.1 Å². The van der Waals surface area contributed by atoms with E-state index in [9.17, 15) is 29.4 Å². The van der Waals surface area contributed by atoms with E-state index in [1.54, 1.807) is 12.1 Å². The van der Waals surface area contributed by atoms with Gasteiger partial charge in [0.05, 0.1) is 41.7 Å². The summed E-state index contributed by atoms with van der Waals surface area (Å²) >= 11 is 0. The van der Waals surface area contributed by atoms with Gasteiger partial charge < -0.3 is 39.8 Å². The highest BCUT2D eigenvalue weighted by Crippen LogP contribution is 2.34. The van der Waals surface area contributed by atoms with Crippen LogP contribution in [0.25, 0.3) is 11.1 Å². The topological polar surface area (TPSA) is 220 Å². The van der Waals surface area contributed by atoms with E-state index < -0.39 is 49.1 Å². The number of hydrogen-bond acceptors (Lipinski definition) is 14. The lowest BCUT2D eigenvalue weighted by Gasteiger charge is -2.18. The molecule has 16 nitrogen and oxygen atoms in total. The van der Waals surface area contributed by atoms with Gasteiger partial charge in [-0.05, 0) is 48.2 Å². The fraction of sp³-hybridized carbons (Fsp3) is 0.316. The van der Waals surface area contributed by atoms with Gasteiger partial charge in [-0.15, -0.1) is 0 Å². The predicted octanol–water partition coefficient (Wildman–Crippen LogP) is 2.53. The number of anilines is 2. The lowest BCUT2D eigenvalue weighted by atomic mass is 9.94. The molecule has 0 spiro atoms. The van der Waals surface area contributed by atoms with E-state index in [0.717, 1.165) is 22.3 Å². The van der Waals surface area contributed by atoms with Crippen molar-refractivity contribution in [3.05, 3.63) is 94.6 Å². The van der Waals surface area contributed by atoms with Gasteiger partial charge in [-0.1, -0.05) is 24.3 Å². The molecule has 0 aliphatic heterocycles. The Kier molecular flexibility index (Phi) is 14.5. The Labute approximate surface area is 312 Å². The number of carbonyl (C=O) groups excluding carboxylic acids is 4. The number of rotatable bonds is 17. The Balaban J connectivity index is 1.50. The Hall–Kier alpha value is -5.94. The molecule has 2 atom stereocenters. The Morgan fingerprint density at radius 1 is 0.648 bits per heavy atom. The molecule has 2 aromatic heterocycles. The van der Waals surface area contributed by atoms with Gasteiger partial charge >= 0.3 is 11.9 Å². The third-order valence-corrected chi connectivity index (χ3v) is 8.66. The number of nitrogens with zero attached hydrogens (tertiary/aromatic N) is 2. The zero-order chi connectivity index (χ0) is 39.4. The van der Waals surface area contributed by atoms with Crippen LogP contribution in [0.5, 0.6) is 11.5 Å². The van der Waals surface area contributed by atoms with Gasteiger partial charge in [-0.3, -0.25) is 39.8 Å². The van der Waals surface area contributed by atoms with E-state index in [4.69, 9.17) is 9.47 Å². The molecule has 0 unspecified atom stereocenters. The highest BCUT2D eigenvalue weighted by molar-refractivity contribution is 6.05. The number of aromatic nitrogens is 2. The number of aliphatic hydroxyl groups excluding tert-OH is 2. The summed E-state index contributed by atoms with van der Waals surface area (Å²) in [6.07, 6.45) is 2.91. The van der Waals surface area contributed by atoms with Crippen LogP contribution in [0, 0.1) is 13.8 Å². The molecule has 0 saturated carbocycles. The molecular weight excluding hydrogens is 700 g/mol. The molecule has 0 aliphatic carbocycles. The van der Waals surface area contributed by atoms with Crippen molar-refractivity contribution in [3.63, 3.8) is 0 Å². The molecule has 0 radical (unpaired) electrons. The molecule has 16 heteroatoms. The number of methoxy groups -OCH3 is 4. The lowest BCUT2D eigenvalue weighted by Crippen LogP contribution is -2.40. The second-order valence-electron chi connectivity index (χ2n) is 11.9. The molecule has 0 aliphatic rings. The molecule has 0 saturated heterocycles. The molecule has 54 heavy (non-hydrogen) atoms. The minimum absolute atomic E-state index is 0.0954. The minimum Gasteiger partial charge on any atom is -0.496 e. The molecule has 286 valence electrons. The van der Waals surface area contributed by atoms with Gasteiger partial charge in [0, 0.05) is 60.1 Å². The average Bonchev–Trinajstić information content (AvgIpc) is 3.19. The van der Waals surface area contributed by atoms with Gasteiger partial charge in [0.1, 0.15) is 35.0 Å². The number of pyridine rings is 2. The summed E-state index contributed by atoms with van der Waals surface area (Å²) in [6, 6.07) is 12.1. The first kappa shape index (κ1) is 40.8. The van der Waals surface area contributed by atoms with Crippen molar-refractivity contribution >= 4 is 35.1 Å². The molecule has 2 aromatic carbocycles. The summed E-state index contributed by atoms with van der Waals surface area (Å²) < 4.78 is 20.3. The molecule has 0 fully saturated rings. The molecular formula is C38H44N6O10. The summed E-state index contributed by atoms with van der Waals surface area (Å²) in [6.45, 7) is 3.07. The van der Waals surface area contributed by atoms with Gasteiger partial charge in [-0.25, -0.2) is 0 Å². The van der Waals surface area contributed by atoms with Gasteiger partial charge in [0.25, 0.3) is 11.8 Å². The number of esters is 2. The predicted molar refractivity (Wildman–Crippen MR) is 198 cm³/mol. The first-order chi connectivity index (χ1) is 26.0. The minimum atomic E-state index is -0.935. The third kappa shape index (κ3) is 9.73. The Morgan fingerprint density at radius 2 is 1.04 bits per heavy atom. The highest BCUT2D eigenvalue weighted by atomic mass is 16.5. The van der Waals surface area contributed by atoms with E-state index in [2.05, 4.69) is 40.7 Å². The number of benzene rings is 2. The molecule has 4 aromatic rings. The number of amides is 2. The van der Waals surface area contributed by atoms with Crippen molar-refractivity contribution in [2.24, 2.45) is 0 Å². The molecule has 2 amide bonds. The summed E-state index contributed by atoms with van der Waals surface area (Å²) in [4.78, 5) is 58.9. The fourth-order valence-electron chi connectivity index (χ4n) is 5.52. The molecule has 4 rings (SSSR count). The van der Waals surface area contributed by atoms with E-state index in [1.165, 1.54) is 53.0 Å². The largest absolute Gasteiger partial charge is 0.496 e. The first-order valence-electron chi connectivity index (χ1n) is 16.7. The van der Waals surface area contributed by atoms with Crippen LogP contribution in [-0.2, 0) is 32.2 Å². The summed E-state index contributed by atoms with van der Waals surface area (Å²) in [5, 5.41) is 30.6. The lowest BCUT2D eigenvalue weighted by molar-refractivity contribution is -0.145. The second-order valence-corrected chi connectivity index (χ2v) is 11.9. The monoisotopic (exact) mass is 744 g/mol. The number of nitrogens with one attached hydrogen (secondary N) is 4. The molecule has 6 N–H and O–H groups in total. The quantitative estimate of drug-likeness (QED) is 0.0857. The van der Waals surface area contributed by atoms with E-state index in [0.29, 0.717) is 34.0 Å². The van der Waals surface area contributed by atoms with Crippen LogP contribution >= 0.6 is 0 Å². The fourth-order valence-corrected chi connectivity index (χ4v) is 5.52. The number of aliphatic hydroxyl groups is 2. The number of hydrogen-bond donors (Lipinski definition) is 6. The maximum Gasteiger partial charge on any atom is 0.325 e. The third-order valence-electron chi connectivity index (χ3n) is 8.66. The van der Waals surface area contributed by atoms with Crippen LogP contribution in [0.3, 0.4) is 0 Å². The zero-order valence-corrected chi connectivity index (χ0v) is 30.8. The Bertz CT molecular complexity index is 1850. The second kappa shape index (κ2) is 19.2. The van der Waals surface area contributed by atoms with Gasteiger partial charge in [-0.2, -0.15) is 0 Å². The zero-order valence-electron chi connectivity index (χ0n) is 30.8. The van der Waals surface area contributed by atoms with Gasteiger partial charge in [0.2, 0.25) is 0 Å². The summed E-state index contributed by atoms with van der Waals surface area (Å²) in [7, 11) is 5.35. The SMILES string of the molecule is COC(=O)[C@@H](CO)NCc1cnc(C(=O)Nc2cccc(-c3cccc(NC(=O)c4cc(OC)c(CN[C@H](CO)C(=O)OC)cn4)c3C)c2C)cc1OC. The van der Waals surface area contributed by atoms with Crippen molar-refractivity contribution in [3.8, 4) is 22.6 Å². The van der Waals surface area contributed by atoms with Crippen LogP contribution in [0.15, 0.2) is 60.9 Å². The van der Waals surface area contributed by atoms with E-state index in [-0.39, 0.29) is 24.5 Å². The van der Waals surface area contributed by atoms with Crippen molar-refractivity contribution < 1.29 is 48.3 Å². The number of ether oxygens (including phenoxy) is 4. The van der Waals surface area contributed by atoms with Crippen molar-refractivity contribution in [1.82, 2.24) is 20.6 Å². The standard InChI is InChI=1S/C38H44N6O10/c1-21-25(9-7-11-27(21)43-35(47)29-13-33(51-3)23(15-39-29)17-41-31(19-45)37(49)53-5)26-10-8-12-28(22(26)2)44-36(48)30-14-34(52-4)24(16-40-30)18-42-32(20-46)38(50)54-6/h7-16,31-32,41-42,45-46H,17-20H2,1-6H3,(H,43,47)(H,44,48)/t31-,32-/m1/s1. The molecule has 0 bridgehead atoms. The average molecular weight is 745 g/mol. The number of carbonyl (C=O) groups is 4. The van der Waals surface area contributed by atoms with Crippen LogP contribution in [0.2, 0.25) is 0 Å². The smallest absolute Gasteiger partial charge is 0.325 e. The maximum atomic E-state index is 13.4. The van der Waals surface area contributed by atoms with Crippen LogP contribution in [-0.4, -0.2) is 97.7 Å². The van der Waals surface area contributed by atoms with Crippen LogP contribution in [0.1, 0.15) is 43.2 Å². The summed E-state index contributed by atoms with van der Waals surface area (Å²) in [5.41, 5.74) is 5.59.